The normalized spacial score (nSPS) is 12.6. The number of allylic oxidation sites excluding steroid dienone is 1. The maximum Gasteiger partial charge on any atom is 0.305 e. The second-order valence-corrected chi connectivity index (χ2v) is 7.49. The lowest BCUT2D eigenvalue weighted by molar-refractivity contribution is -0.155. The molecule has 2 atom stereocenters. The highest BCUT2D eigenvalue weighted by Gasteiger charge is 2.11. The molecular weight excluding hydrogens is 440 g/mol. The SMILES string of the molecule is C/C=C\C(=N/O)NC(=O)C(C)CC.C=C.CCCCC(=O)OCC(CC)OC.COC(C)(C)O. The predicted molar refractivity (Wildman–Crippen MR) is 138 cm³/mol. The van der Waals surface area contributed by atoms with Crippen molar-refractivity contribution in [1.29, 1.82) is 0 Å². The Bertz CT molecular complexity index is 540. The molecule has 9 heteroatoms. The van der Waals surface area contributed by atoms with Gasteiger partial charge in [0, 0.05) is 26.6 Å². The molecule has 202 valence electrons. The van der Waals surface area contributed by atoms with Crippen LogP contribution < -0.4 is 5.32 Å². The van der Waals surface area contributed by atoms with Gasteiger partial charge in [0.15, 0.2) is 11.6 Å². The van der Waals surface area contributed by atoms with Crippen LogP contribution in [0.4, 0.5) is 0 Å². The van der Waals surface area contributed by atoms with Crippen LogP contribution in [-0.2, 0) is 23.8 Å². The molecule has 0 spiro atoms. The molecule has 0 heterocycles. The molecule has 34 heavy (non-hydrogen) atoms. The van der Waals surface area contributed by atoms with E-state index >= 15 is 0 Å². The Hall–Kier alpha value is -2.23. The summed E-state index contributed by atoms with van der Waals surface area (Å²) in [6, 6.07) is 0. The van der Waals surface area contributed by atoms with E-state index in [1.807, 2.05) is 20.8 Å². The Morgan fingerprint density at radius 1 is 1.15 bits per heavy atom. The maximum absolute atomic E-state index is 11.3. The first-order valence-corrected chi connectivity index (χ1v) is 11.6. The van der Waals surface area contributed by atoms with E-state index in [1.165, 1.54) is 13.2 Å². The van der Waals surface area contributed by atoms with Crippen molar-refractivity contribution in [3.05, 3.63) is 25.3 Å². The van der Waals surface area contributed by atoms with Crippen molar-refractivity contribution in [3.63, 3.8) is 0 Å². The third-order valence-electron chi connectivity index (χ3n) is 4.20. The summed E-state index contributed by atoms with van der Waals surface area (Å²) in [6.07, 6.45) is 7.35. The average molecular weight is 491 g/mol. The predicted octanol–water partition coefficient (Wildman–Crippen LogP) is 4.82. The minimum Gasteiger partial charge on any atom is -0.463 e. The zero-order valence-corrected chi connectivity index (χ0v) is 22.8. The Labute approximate surface area is 207 Å². The minimum absolute atomic E-state index is 0.0468. The largest absolute Gasteiger partial charge is 0.463 e. The summed E-state index contributed by atoms with van der Waals surface area (Å²) in [6.45, 7) is 19.1. The number of aliphatic hydroxyl groups is 1. The van der Waals surface area contributed by atoms with Gasteiger partial charge in [0.25, 0.3) is 0 Å². The Morgan fingerprint density at radius 3 is 2.00 bits per heavy atom. The second-order valence-electron chi connectivity index (χ2n) is 7.49. The molecule has 0 fully saturated rings. The van der Waals surface area contributed by atoms with E-state index in [0.717, 1.165) is 25.7 Å². The molecule has 0 bridgehead atoms. The third kappa shape index (κ3) is 29.8. The lowest BCUT2D eigenvalue weighted by Crippen LogP contribution is -2.33. The Morgan fingerprint density at radius 2 is 1.68 bits per heavy atom. The lowest BCUT2D eigenvalue weighted by Gasteiger charge is -2.12. The molecule has 0 aliphatic carbocycles. The molecule has 0 aromatic heterocycles. The first-order valence-electron chi connectivity index (χ1n) is 11.6. The first-order chi connectivity index (χ1) is 16.0. The van der Waals surface area contributed by atoms with Crippen molar-refractivity contribution in [3.8, 4) is 0 Å². The number of hydrogen-bond donors (Lipinski definition) is 3. The van der Waals surface area contributed by atoms with Crippen LogP contribution in [0.2, 0.25) is 0 Å². The lowest BCUT2D eigenvalue weighted by atomic mass is 10.1. The zero-order chi connectivity index (χ0) is 27.6. The van der Waals surface area contributed by atoms with Gasteiger partial charge in [-0.25, -0.2) is 0 Å². The smallest absolute Gasteiger partial charge is 0.305 e. The number of amidine groups is 1. The Balaban J connectivity index is -0.000000203. The van der Waals surface area contributed by atoms with Gasteiger partial charge in [-0.3, -0.25) is 9.59 Å². The molecule has 0 aromatic carbocycles. The second kappa shape index (κ2) is 27.0. The minimum atomic E-state index is -0.958. The fourth-order valence-corrected chi connectivity index (χ4v) is 1.62. The topological polar surface area (TPSA) is 127 Å². The molecular formula is C25H50N2O7. The van der Waals surface area contributed by atoms with Crippen molar-refractivity contribution < 1.29 is 34.1 Å². The number of methoxy groups -OCH3 is 2. The van der Waals surface area contributed by atoms with Gasteiger partial charge in [-0.15, -0.1) is 13.2 Å². The molecule has 0 aromatic rings. The van der Waals surface area contributed by atoms with Crippen molar-refractivity contribution in [1.82, 2.24) is 5.32 Å². The van der Waals surface area contributed by atoms with Crippen LogP contribution in [-0.4, -0.2) is 60.7 Å². The number of carbonyl (C=O) groups excluding carboxylic acids is 2. The molecule has 0 aliphatic heterocycles. The van der Waals surface area contributed by atoms with Gasteiger partial charge in [-0.1, -0.05) is 45.3 Å². The molecule has 1 amide bonds. The van der Waals surface area contributed by atoms with E-state index in [0.29, 0.717) is 13.0 Å². The Kier molecular flexibility index (Phi) is 31.0. The third-order valence-corrected chi connectivity index (χ3v) is 4.20. The van der Waals surface area contributed by atoms with E-state index in [1.54, 1.807) is 34.0 Å². The highest BCUT2D eigenvalue weighted by atomic mass is 16.6. The van der Waals surface area contributed by atoms with E-state index < -0.39 is 5.79 Å². The number of esters is 1. The van der Waals surface area contributed by atoms with Gasteiger partial charge in [-0.2, -0.15) is 0 Å². The molecule has 0 rings (SSSR count). The van der Waals surface area contributed by atoms with Crippen LogP contribution in [0.15, 0.2) is 30.5 Å². The monoisotopic (exact) mass is 490 g/mol. The number of rotatable bonds is 11. The molecule has 0 saturated heterocycles. The fraction of sp³-hybridized carbons (Fsp3) is 0.720. The molecule has 9 nitrogen and oxygen atoms in total. The van der Waals surface area contributed by atoms with Gasteiger partial charge in [-0.05, 0) is 46.1 Å². The summed E-state index contributed by atoms with van der Waals surface area (Å²) in [4.78, 5) is 22.3. The number of nitrogens with zero attached hydrogens (tertiary/aromatic N) is 1. The van der Waals surface area contributed by atoms with Crippen molar-refractivity contribution in [2.75, 3.05) is 20.8 Å². The quantitative estimate of drug-likeness (QED) is 0.0720. The van der Waals surface area contributed by atoms with Gasteiger partial charge >= 0.3 is 5.97 Å². The van der Waals surface area contributed by atoms with Gasteiger partial charge < -0.3 is 29.8 Å². The number of carbonyl (C=O) groups is 2. The number of oxime groups is 1. The van der Waals surface area contributed by atoms with Crippen LogP contribution in [0.3, 0.4) is 0 Å². The van der Waals surface area contributed by atoms with Gasteiger partial charge in [0.1, 0.15) is 6.61 Å². The number of amides is 1. The van der Waals surface area contributed by atoms with E-state index in [-0.39, 0.29) is 29.7 Å². The van der Waals surface area contributed by atoms with Crippen LogP contribution in [0.1, 0.15) is 80.6 Å². The standard InChI is InChI=1S/C10H20O3.C9H16N2O2.C4H10O2.C2H4/c1-4-6-7-10(11)13-8-9(5-2)12-3;1-4-6-8(11-13)10-9(12)7(3)5-2;1-4(2,5)6-3;1-2/h9H,4-8H2,1-3H3;4,6-7,13H,5H2,1-3H3,(H,10,11,12);5H,1-3H3;1-2H2/b;6-4-;;. The van der Waals surface area contributed by atoms with E-state index in [2.05, 4.69) is 35.3 Å². The summed E-state index contributed by atoms with van der Waals surface area (Å²) in [5.74, 6) is -1.10. The summed E-state index contributed by atoms with van der Waals surface area (Å²) in [7, 11) is 3.09. The summed E-state index contributed by atoms with van der Waals surface area (Å²) in [5, 5.41) is 22.5. The highest BCUT2D eigenvalue weighted by Crippen LogP contribution is 2.01. The molecule has 3 N–H and O–H groups in total. The van der Waals surface area contributed by atoms with Crippen LogP contribution in [0.25, 0.3) is 0 Å². The van der Waals surface area contributed by atoms with Crippen molar-refractivity contribution >= 4 is 17.7 Å². The van der Waals surface area contributed by atoms with Crippen LogP contribution >= 0.6 is 0 Å². The number of hydrogen-bond acceptors (Lipinski definition) is 8. The molecule has 0 radical (unpaired) electrons. The molecule has 2 unspecified atom stereocenters. The summed E-state index contributed by atoms with van der Waals surface area (Å²) in [5.41, 5.74) is 0. The maximum atomic E-state index is 11.3. The fourth-order valence-electron chi connectivity index (χ4n) is 1.62. The number of unbranched alkanes of at least 4 members (excludes halogenated alkanes) is 1. The highest BCUT2D eigenvalue weighted by molar-refractivity contribution is 6.04. The summed E-state index contributed by atoms with van der Waals surface area (Å²) >= 11 is 0. The van der Waals surface area contributed by atoms with Crippen molar-refractivity contribution in [2.24, 2.45) is 11.1 Å². The first kappa shape index (κ1) is 39.0. The van der Waals surface area contributed by atoms with E-state index in [9.17, 15) is 9.59 Å². The van der Waals surface area contributed by atoms with Gasteiger partial charge in [0.2, 0.25) is 5.91 Å². The van der Waals surface area contributed by atoms with Crippen LogP contribution in [0, 0.1) is 5.92 Å². The average Bonchev–Trinajstić information content (AvgIpc) is 2.83. The molecule has 0 saturated carbocycles. The molecule has 0 aliphatic rings. The number of nitrogens with one attached hydrogen (secondary N) is 1. The van der Waals surface area contributed by atoms with Crippen molar-refractivity contribution in [2.45, 2.75) is 92.5 Å². The summed E-state index contributed by atoms with van der Waals surface area (Å²) < 4.78 is 14.6. The van der Waals surface area contributed by atoms with Crippen LogP contribution in [0.5, 0.6) is 0 Å². The number of ether oxygens (including phenoxy) is 3. The zero-order valence-electron chi connectivity index (χ0n) is 22.8. The van der Waals surface area contributed by atoms with E-state index in [4.69, 9.17) is 19.8 Å². The van der Waals surface area contributed by atoms with Gasteiger partial charge in [0.05, 0.1) is 6.10 Å².